The predicted octanol–water partition coefficient (Wildman–Crippen LogP) is 2.66. The molecule has 31 heavy (non-hydrogen) atoms. The lowest BCUT2D eigenvalue weighted by Crippen LogP contribution is -2.59. The van der Waals surface area contributed by atoms with Gasteiger partial charge >= 0.3 is 5.97 Å². The van der Waals surface area contributed by atoms with Gasteiger partial charge in [-0.3, -0.25) is 9.59 Å². The maximum atomic E-state index is 13.1. The molecule has 0 spiro atoms. The zero-order valence-electron chi connectivity index (χ0n) is 21.1. The normalized spacial score (nSPS) is 45.0. The first-order valence-electron chi connectivity index (χ1n) is 11.5. The summed E-state index contributed by atoms with van der Waals surface area (Å²) in [6.45, 7) is 15.3. The van der Waals surface area contributed by atoms with Crippen molar-refractivity contribution in [3.8, 4) is 0 Å². The van der Waals surface area contributed by atoms with Crippen molar-refractivity contribution in [1.82, 2.24) is 4.90 Å². The van der Waals surface area contributed by atoms with E-state index in [4.69, 9.17) is 9.47 Å². The summed E-state index contributed by atoms with van der Waals surface area (Å²) >= 11 is 0. The van der Waals surface area contributed by atoms with Crippen molar-refractivity contribution in [3.63, 3.8) is 0 Å². The van der Waals surface area contributed by atoms with E-state index in [0.29, 0.717) is 19.4 Å². The third kappa shape index (κ3) is 6.06. The van der Waals surface area contributed by atoms with Gasteiger partial charge in [0, 0.05) is 25.6 Å². The molecule has 0 amide bonds. The molecule has 1 aliphatic rings. The molecule has 2 N–H and O–H groups in total. The molecular weight excluding hydrogens is 398 g/mol. The Morgan fingerprint density at radius 1 is 1.16 bits per heavy atom. The number of Topliss-reactive ketones (excluding diaryl/α,β-unsaturated/α-hetero) is 1. The molecule has 7 nitrogen and oxygen atoms in total. The number of rotatable bonds is 2. The number of aliphatic hydroxyl groups is 2. The van der Waals surface area contributed by atoms with E-state index in [-0.39, 0.29) is 23.7 Å². The SMILES string of the molecule is CC[C@H]1OC(=O)[C@H](C)C(=O)[C@H](C)[C@@H](C)C(C)(OC)C[C@@H](C)CN(C)[C@H](C)[C@@H](O)C1(C)O. The second-order valence-electron chi connectivity index (χ2n) is 10.2. The van der Waals surface area contributed by atoms with E-state index in [1.807, 2.05) is 39.6 Å². The van der Waals surface area contributed by atoms with Gasteiger partial charge in [-0.05, 0) is 59.4 Å². The maximum Gasteiger partial charge on any atom is 0.316 e. The van der Waals surface area contributed by atoms with E-state index < -0.39 is 41.2 Å². The summed E-state index contributed by atoms with van der Waals surface area (Å²) in [6, 6.07) is -0.375. The highest BCUT2D eigenvalue weighted by atomic mass is 16.6. The summed E-state index contributed by atoms with van der Waals surface area (Å²) < 4.78 is 11.5. The molecule has 9 atom stereocenters. The Morgan fingerprint density at radius 2 is 1.71 bits per heavy atom. The van der Waals surface area contributed by atoms with Crippen molar-refractivity contribution < 1.29 is 29.3 Å². The molecular formula is C24H45NO6. The number of ether oxygens (including phenoxy) is 2. The summed E-state index contributed by atoms with van der Waals surface area (Å²) in [6.07, 6.45) is -1.05. The number of nitrogens with zero attached hydrogens (tertiary/aromatic N) is 1. The summed E-state index contributed by atoms with van der Waals surface area (Å²) in [7, 11) is 3.57. The van der Waals surface area contributed by atoms with Gasteiger partial charge in [0.25, 0.3) is 0 Å². The van der Waals surface area contributed by atoms with Crippen LogP contribution in [0.15, 0.2) is 0 Å². The van der Waals surface area contributed by atoms with Gasteiger partial charge in [-0.1, -0.05) is 27.7 Å². The van der Waals surface area contributed by atoms with Crippen LogP contribution in [0.25, 0.3) is 0 Å². The Kier molecular flexibility index (Phi) is 9.70. The fraction of sp³-hybridized carbons (Fsp3) is 0.917. The molecule has 1 heterocycles. The molecule has 0 radical (unpaired) electrons. The van der Waals surface area contributed by atoms with Crippen molar-refractivity contribution in [2.24, 2.45) is 23.7 Å². The minimum atomic E-state index is -1.66. The van der Waals surface area contributed by atoms with Crippen LogP contribution in [0.2, 0.25) is 0 Å². The second kappa shape index (κ2) is 10.7. The number of esters is 1. The average molecular weight is 444 g/mol. The zero-order chi connectivity index (χ0) is 24.3. The molecule has 0 bridgehead atoms. The summed E-state index contributed by atoms with van der Waals surface area (Å²) in [4.78, 5) is 28.0. The highest BCUT2D eigenvalue weighted by molar-refractivity contribution is 5.99. The maximum absolute atomic E-state index is 13.1. The van der Waals surface area contributed by atoms with Gasteiger partial charge in [-0.25, -0.2) is 0 Å². The van der Waals surface area contributed by atoms with E-state index in [1.165, 1.54) is 6.92 Å². The Labute approximate surface area is 188 Å². The molecule has 1 saturated heterocycles. The third-order valence-corrected chi connectivity index (χ3v) is 7.79. The predicted molar refractivity (Wildman–Crippen MR) is 121 cm³/mol. The van der Waals surface area contributed by atoms with Crippen LogP contribution in [-0.2, 0) is 19.1 Å². The fourth-order valence-electron chi connectivity index (χ4n) is 4.93. The number of carbonyl (C=O) groups excluding carboxylic acids is 2. The van der Waals surface area contributed by atoms with Gasteiger partial charge in [0.2, 0.25) is 0 Å². The van der Waals surface area contributed by atoms with Gasteiger partial charge in [-0.2, -0.15) is 0 Å². The van der Waals surface area contributed by atoms with Crippen molar-refractivity contribution in [3.05, 3.63) is 0 Å². The molecule has 0 aromatic heterocycles. The van der Waals surface area contributed by atoms with Gasteiger partial charge in [0.05, 0.1) is 5.60 Å². The van der Waals surface area contributed by atoms with Gasteiger partial charge in [0.1, 0.15) is 29.5 Å². The van der Waals surface area contributed by atoms with Gasteiger partial charge in [-0.15, -0.1) is 0 Å². The Bertz CT molecular complexity index is 623. The molecule has 2 unspecified atom stereocenters. The lowest BCUT2D eigenvalue weighted by Gasteiger charge is -2.42. The van der Waals surface area contributed by atoms with Crippen LogP contribution in [-0.4, -0.2) is 77.0 Å². The van der Waals surface area contributed by atoms with Gasteiger partial charge in [0.15, 0.2) is 0 Å². The van der Waals surface area contributed by atoms with E-state index in [9.17, 15) is 19.8 Å². The smallest absolute Gasteiger partial charge is 0.316 e. The first-order valence-corrected chi connectivity index (χ1v) is 11.5. The lowest BCUT2D eigenvalue weighted by molar-refractivity contribution is -0.189. The van der Waals surface area contributed by atoms with Crippen LogP contribution >= 0.6 is 0 Å². The molecule has 7 heteroatoms. The highest BCUT2D eigenvalue weighted by Crippen LogP contribution is 2.36. The first kappa shape index (κ1) is 28.0. The molecule has 1 aliphatic heterocycles. The largest absolute Gasteiger partial charge is 0.459 e. The first-order chi connectivity index (χ1) is 14.1. The zero-order valence-corrected chi connectivity index (χ0v) is 21.1. The Morgan fingerprint density at radius 3 is 2.19 bits per heavy atom. The summed E-state index contributed by atoms with van der Waals surface area (Å²) in [5.74, 6) is -2.17. The number of cyclic esters (lactones) is 1. The van der Waals surface area contributed by atoms with E-state index in [0.717, 1.165) is 0 Å². The minimum Gasteiger partial charge on any atom is -0.459 e. The van der Waals surface area contributed by atoms with Crippen LogP contribution in [0.4, 0.5) is 0 Å². The van der Waals surface area contributed by atoms with E-state index >= 15 is 0 Å². The van der Waals surface area contributed by atoms with Crippen LogP contribution in [0.1, 0.15) is 68.2 Å². The van der Waals surface area contributed by atoms with Crippen molar-refractivity contribution in [2.75, 3.05) is 20.7 Å². The molecule has 1 rings (SSSR count). The number of methoxy groups -OCH3 is 1. The standard InChI is InChI=1S/C24H45NO6/c1-11-19-24(8,29)21(27)18(6)25(9)13-14(2)12-23(7,30-10)17(5)15(3)20(26)16(4)22(28)31-19/h14-19,21,27,29H,11-13H2,1-10H3/t14-,15-,16-,17-,18-,19-,21-,23?,24?/m1/s1. The minimum absolute atomic E-state index is 0.119. The van der Waals surface area contributed by atoms with Crippen LogP contribution < -0.4 is 0 Å². The van der Waals surface area contributed by atoms with Crippen molar-refractivity contribution in [1.29, 1.82) is 0 Å². The quantitative estimate of drug-likeness (QED) is 0.500. The topological polar surface area (TPSA) is 96.3 Å². The molecule has 0 aromatic carbocycles. The molecule has 182 valence electrons. The van der Waals surface area contributed by atoms with E-state index in [2.05, 4.69) is 6.92 Å². The Hall–Kier alpha value is -1.02. The average Bonchev–Trinajstić information content (AvgIpc) is 2.72. The molecule has 0 aromatic rings. The summed E-state index contributed by atoms with van der Waals surface area (Å²) in [5, 5.41) is 22.1. The number of aliphatic hydroxyl groups excluding tert-OH is 1. The number of carbonyl (C=O) groups is 2. The molecule has 0 saturated carbocycles. The number of hydrogen-bond donors (Lipinski definition) is 2. The number of hydrogen-bond acceptors (Lipinski definition) is 7. The fourth-order valence-corrected chi connectivity index (χ4v) is 4.93. The highest BCUT2D eigenvalue weighted by Gasteiger charge is 2.46. The molecule has 0 aliphatic carbocycles. The van der Waals surface area contributed by atoms with Crippen molar-refractivity contribution in [2.45, 2.75) is 97.7 Å². The molecule has 1 fully saturated rings. The van der Waals surface area contributed by atoms with Crippen molar-refractivity contribution >= 4 is 11.8 Å². The number of likely N-dealkylation sites (N-methyl/N-ethyl adjacent to an activating group) is 1. The number of ketones is 1. The lowest BCUT2D eigenvalue weighted by atomic mass is 9.73. The monoisotopic (exact) mass is 443 g/mol. The van der Waals surface area contributed by atoms with Crippen LogP contribution in [0.5, 0.6) is 0 Å². The second-order valence-corrected chi connectivity index (χ2v) is 10.2. The van der Waals surface area contributed by atoms with E-state index in [1.54, 1.807) is 21.0 Å². The van der Waals surface area contributed by atoms with Gasteiger partial charge < -0.3 is 24.6 Å². The van der Waals surface area contributed by atoms with Crippen LogP contribution in [0, 0.1) is 23.7 Å². The Balaban J connectivity index is 3.43. The summed E-state index contributed by atoms with van der Waals surface area (Å²) in [5.41, 5.74) is -2.22. The third-order valence-electron chi connectivity index (χ3n) is 7.79. The van der Waals surface area contributed by atoms with Crippen LogP contribution in [0.3, 0.4) is 0 Å².